The molecule has 4 aromatic rings. The van der Waals surface area contributed by atoms with Gasteiger partial charge in [-0.1, -0.05) is 0 Å². The first-order valence-electron chi connectivity index (χ1n) is 7.30. The van der Waals surface area contributed by atoms with Crippen LogP contribution in [0.25, 0.3) is 23.0 Å². The summed E-state index contributed by atoms with van der Waals surface area (Å²) in [5.74, 6) is 1.37. The molecule has 0 amide bonds. The quantitative estimate of drug-likeness (QED) is 0.607. The van der Waals surface area contributed by atoms with Crippen LogP contribution in [0.3, 0.4) is 0 Å². The molecule has 23 heavy (non-hydrogen) atoms. The maximum absolute atomic E-state index is 4.59. The van der Waals surface area contributed by atoms with Gasteiger partial charge in [0.2, 0.25) is 0 Å². The van der Waals surface area contributed by atoms with Gasteiger partial charge in [-0.3, -0.25) is 0 Å². The van der Waals surface area contributed by atoms with Crippen LogP contribution in [0.1, 0.15) is 11.4 Å². The molecule has 0 atom stereocenters. The minimum absolute atomic E-state index is 0.631. The van der Waals surface area contributed by atoms with Crippen molar-refractivity contribution in [2.24, 2.45) is 0 Å². The molecular weight excluding hydrogens is 288 g/mol. The van der Waals surface area contributed by atoms with Gasteiger partial charge in [-0.2, -0.15) is 0 Å². The highest BCUT2D eigenvalue weighted by molar-refractivity contribution is 5.50. The summed E-state index contributed by atoms with van der Waals surface area (Å²) in [7, 11) is 0. The standard InChI is InChI=1S/C17H14N6/c1-3-14(18-7-1)16-20-9-5-12(22-16)11-13-6-10-21-17(23-13)15-4-2-8-19-15/h1-10,18-19H,11H2. The Morgan fingerprint density at radius 1 is 0.696 bits per heavy atom. The first-order valence-corrected chi connectivity index (χ1v) is 7.30. The van der Waals surface area contributed by atoms with E-state index < -0.39 is 0 Å². The predicted octanol–water partition coefficient (Wildman–Crippen LogP) is 2.85. The number of aromatic nitrogens is 6. The Bertz CT molecular complexity index is 821. The van der Waals surface area contributed by atoms with Gasteiger partial charge in [0.15, 0.2) is 11.6 Å². The molecule has 4 heterocycles. The highest BCUT2D eigenvalue weighted by Crippen LogP contribution is 2.15. The van der Waals surface area contributed by atoms with Gasteiger partial charge >= 0.3 is 0 Å². The number of hydrogen-bond acceptors (Lipinski definition) is 4. The Labute approximate surface area is 132 Å². The number of nitrogens with one attached hydrogen (secondary N) is 2. The maximum Gasteiger partial charge on any atom is 0.176 e. The highest BCUT2D eigenvalue weighted by Gasteiger charge is 2.07. The average Bonchev–Trinajstić information content (AvgIpc) is 3.29. The molecule has 4 aromatic heterocycles. The SMILES string of the molecule is c1c[nH]c(-c2nccc(Cc3ccnc(-c4ccc[nH]4)n3)n2)c1. The molecular formula is C17H14N6. The van der Waals surface area contributed by atoms with E-state index in [0.717, 1.165) is 22.8 Å². The van der Waals surface area contributed by atoms with E-state index in [2.05, 4.69) is 29.9 Å². The molecule has 0 saturated heterocycles. The van der Waals surface area contributed by atoms with Gasteiger partial charge in [-0.05, 0) is 36.4 Å². The molecule has 0 spiro atoms. The van der Waals surface area contributed by atoms with Crippen LogP contribution in [0.2, 0.25) is 0 Å². The Balaban J connectivity index is 1.61. The third-order valence-electron chi connectivity index (χ3n) is 3.47. The lowest BCUT2D eigenvalue weighted by Crippen LogP contribution is -2.00. The van der Waals surface area contributed by atoms with Crippen LogP contribution in [0.4, 0.5) is 0 Å². The zero-order chi connectivity index (χ0) is 15.5. The lowest BCUT2D eigenvalue weighted by atomic mass is 10.2. The Hall–Kier alpha value is -3.28. The number of hydrogen-bond donors (Lipinski definition) is 2. The average molecular weight is 302 g/mol. The second kappa shape index (κ2) is 5.84. The summed E-state index contributed by atoms with van der Waals surface area (Å²) in [6.07, 6.45) is 7.89. The number of rotatable bonds is 4. The highest BCUT2D eigenvalue weighted by atomic mass is 14.9. The zero-order valence-electron chi connectivity index (χ0n) is 12.3. The van der Waals surface area contributed by atoms with Gasteiger partial charge in [0.05, 0.1) is 22.8 Å². The third-order valence-corrected chi connectivity index (χ3v) is 3.47. The van der Waals surface area contributed by atoms with E-state index in [1.807, 2.05) is 48.8 Å². The molecule has 0 aliphatic carbocycles. The van der Waals surface area contributed by atoms with Crippen molar-refractivity contribution >= 4 is 0 Å². The number of H-pyrrole nitrogens is 2. The van der Waals surface area contributed by atoms with Gasteiger partial charge in [0.25, 0.3) is 0 Å². The molecule has 0 aliphatic rings. The van der Waals surface area contributed by atoms with Gasteiger partial charge in [-0.25, -0.2) is 19.9 Å². The van der Waals surface area contributed by atoms with Crippen LogP contribution in [0, 0.1) is 0 Å². The number of nitrogens with zero attached hydrogens (tertiary/aromatic N) is 4. The summed E-state index contributed by atoms with van der Waals surface area (Å²) in [4.78, 5) is 24.0. The third kappa shape index (κ3) is 2.87. The van der Waals surface area contributed by atoms with Crippen molar-refractivity contribution in [1.82, 2.24) is 29.9 Å². The summed E-state index contributed by atoms with van der Waals surface area (Å²) in [6.45, 7) is 0. The van der Waals surface area contributed by atoms with Crippen LogP contribution in [0.5, 0.6) is 0 Å². The van der Waals surface area contributed by atoms with E-state index in [-0.39, 0.29) is 0 Å². The largest absolute Gasteiger partial charge is 0.359 e. The van der Waals surface area contributed by atoms with Crippen LogP contribution in [-0.2, 0) is 6.42 Å². The fourth-order valence-electron chi connectivity index (χ4n) is 2.37. The number of aromatic amines is 2. The van der Waals surface area contributed by atoms with Gasteiger partial charge in [0.1, 0.15) is 0 Å². The smallest absolute Gasteiger partial charge is 0.176 e. The van der Waals surface area contributed by atoms with Crippen molar-refractivity contribution in [3.8, 4) is 23.0 Å². The fraction of sp³-hybridized carbons (Fsp3) is 0.0588. The summed E-state index contributed by atoms with van der Waals surface area (Å²) in [5, 5.41) is 0. The Morgan fingerprint density at radius 3 is 1.65 bits per heavy atom. The van der Waals surface area contributed by atoms with E-state index >= 15 is 0 Å². The maximum atomic E-state index is 4.59. The normalized spacial score (nSPS) is 10.8. The topological polar surface area (TPSA) is 83.1 Å². The molecule has 0 unspecified atom stereocenters. The van der Waals surface area contributed by atoms with Crippen LogP contribution < -0.4 is 0 Å². The molecule has 6 heteroatoms. The second-order valence-corrected chi connectivity index (χ2v) is 5.09. The molecule has 0 radical (unpaired) electrons. The first kappa shape index (κ1) is 13.4. The van der Waals surface area contributed by atoms with E-state index in [0.29, 0.717) is 18.1 Å². The predicted molar refractivity (Wildman–Crippen MR) is 86.4 cm³/mol. The molecule has 0 aliphatic heterocycles. The van der Waals surface area contributed by atoms with E-state index in [9.17, 15) is 0 Å². The minimum atomic E-state index is 0.631. The van der Waals surface area contributed by atoms with Crippen molar-refractivity contribution in [3.63, 3.8) is 0 Å². The monoisotopic (exact) mass is 302 g/mol. The second-order valence-electron chi connectivity index (χ2n) is 5.09. The molecule has 0 fully saturated rings. The van der Waals surface area contributed by atoms with Gasteiger partial charge in [-0.15, -0.1) is 0 Å². The van der Waals surface area contributed by atoms with E-state index in [4.69, 9.17) is 0 Å². The molecule has 2 N–H and O–H groups in total. The van der Waals surface area contributed by atoms with Crippen molar-refractivity contribution in [2.75, 3.05) is 0 Å². The molecule has 0 bridgehead atoms. The Kier molecular flexibility index (Phi) is 3.40. The zero-order valence-corrected chi connectivity index (χ0v) is 12.3. The van der Waals surface area contributed by atoms with Crippen LogP contribution >= 0.6 is 0 Å². The fourth-order valence-corrected chi connectivity index (χ4v) is 2.37. The molecule has 0 aromatic carbocycles. The van der Waals surface area contributed by atoms with Crippen LogP contribution in [-0.4, -0.2) is 29.9 Å². The van der Waals surface area contributed by atoms with Crippen molar-refractivity contribution in [1.29, 1.82) is 0 Å². The van der Waals surface area contributed by atoms with E-state index in [1.54, 1.807) is 12.4 Å². The molecule has 4 rings (SSSR count). The van der Waals surface area contributed by atoms with Crippen LogP contribution in [0.15, 0.2) is 61.2 Å². The van der Waals surface area contributed by atoms with Crippen molar-refractivity contribution < 1.29 is 0 Å². The Morgan fingerprint density at radius 2 is 1.22 bits per heavy atom. The first-order chi connectivity index (χ1) is 11.4. The van der Waals surface area contributed by atoms with Crippen molar-refractivity contribution in [3.05, 3.63) is 72.6 Å². The molecule has 112 valence electrons. The summed E-state index contributed by atoms with van der Waals surface area (Å²) < 4.78 is 0. The molecule has 6 nitrogen and oxygen atoms in total. The lowest BCUT2D eigenvalue weighted by molar-refractivity contribution is 0.971. The van der Waals surface area contributed by atoms with Crippen molar-refractivity contribution in [2.45, 2.75) is 6.42 Å². The summed E-state index contributed by atoms with van der Waals surface area (Å²) >= 11 is 0. The summed E-state index contributed by atoms with van der Waals surface area (Å²) in [6, 6.07) is 11.6. The van der Waals surface area contributed by atoms with Gasteiger partial charge in [0, 0.05) is 31.2 Å². The van der Waals surface area contributed by atoms with E-state index in [1.165, 1.54) is 0 Å². The van der Waals surface area contributed by atoms with Gasteiger partial charge < -0.3 is 9.97 Å². The summed E-state index contributed by atoms with van der Waals surface area (Å²) in [5.41, 5.74) is 3.64. The lowest BCUT2D eigenvalue weighted by Gasteiger charge is -2.04. The molecule has 0 saturated carbocycles. The minimum Gasteiger partial charge on any atom is -0.359 e.